The third kappa shape index (κ3) is 3.77. The zero-order valence-corrected chi connectivity index (χ0v) is 11.0. The van der Waals surface area contributed by atoms with Gasteiger partial charge in [-0.2, -0.15) is 0 Å². The van der Waals surface area contributed by atoms with Crippen molar-refractivity contribution >= 4 is 23.2 Å². The smallest absolute Gasteiger partial charge is 0.255 e. The minimum absolute atomic E-state index is 0.177. The standard InChI is InChI=1S/C14H14ClN3O/c15-13-6-5-12(9-17-13)18-14(19)11-3-1-10(2-4-11)7-8-16/h1-6,9H,7-8,16H2,(H,18,19). The average Bonchev–Trinajstić information content (AvgIpc) is 2.42. The van der Waals surface area contributed by atoms with E-state index in [2.05, 4.69) is 10.3 Å². The predicted molar refractivity (Wildman–Crippen MR) is 76.4 cm³/mol. The molecule has 3 N–H and O–H groups in total. The number of halogens is 1. The van der Waals surface area contributed by atoms with Crippen molar-refractivity contribution in [3.8, 4) is 0 Å². The van der Waals surface area contributed by atoms with E-state index in [9.17, 15) is 4.79 Å². The van der Waals surface area contributed by atoms with Gasteiger partial charge in [0.25, 0.3) is 5.91 Å². The fourth-order valence-corrected chi connectivity index (χ4v) is 1.75. The topological polar surface area (TPSA) is 68.0 Å². The van der Waals surface area contributed by atoms with Crippen molar-refractivity contribution < 1.29 is 4.79 Å². The van der Waals surface area contributed by atoms with Crippen LogP contribution in [0.5, 0.6) is 0 Å². The molecular weight excluding hydrogens is 262 g/mol. The Labute approximate surface area is 116 Å². The van der Waals surface area contributed by atoms with Gasteiger partial charge in [0.15, 0.2) is 0 Å². The quantitative estimate of drug-likeness (QED) is 0.843. The van der Waals surface area contributed by atoms with Crippen molar-refractivity contribution in [2.24, 2.45) is 5.73 Å². The second-order valence-corrected chi connectivity index (χ2v) is 4.45. The van der Waals surface area contributed by atoms with Crippen LogP contribution in [-0.4, -0.2) is 17.4 Å². The van der Waals surface area contributed by atoms with Crippen molar-refractivity contribution in [2.75, 3.05) is 11.9 Å². The number of hydrogen-bond donors (Lipinski definition) is 2. The summed E-state index contributed by atoms with van der Waals surface area (Å²) in [7, 11) is 0. The molecule has 4 nitrogen and oxygen atoms in total. The summed E-state index contributed by atoms with van der Waals surface area (Å²) in [5.74, 6) is -0.177. The van der Waals surface area contributed by atoms with Gasteiger partial charge in [-0.1, -0.05) is 23.7 Å². The van der Waals surface area contributed by atoms with E-state index < -0.39 is 0 Å². The summed E-state index contributed by atoms with van der Waals surface area (Å²) in [6.07, 6.45) is 2.33. The van der Waals surface area contributed by atoms with Gasteiger partial charge in [-0.05, 0) is 42.8 Å². The number of nitrogens with one attached hydrogen (secondary N) is 1. The number of aromatic nitrogens is 1. The Morgan fingerprint density at radius 1 is 1.21 bits per heavy atom. The molecule has 19 heavy (non-hydrogen) atoms. The van der Waals surface area contributed by atoms with Crippen LogP contribution in [0.4, 0.5) is 5.69 Å². The van der Waals surface area contributed by atoms with E-state index in [-0.39, 0.29) is 5.91 Å². The van der Waals surface area contributed by atoms with Crippen molar-refractivity contribution in [1.82, 2.24) is 4.98 Å². The van der Waals surface area contributed by atoms with Gasteiger partial charge in [0, 0.05) is 5.56 Å². The summed E-state index contributed by atoms with van der Waals surface area (Å²) in [5, 5.41) is 3.14. The maximum atomic E-state index is 12.0. The molecule has 0 spiro atoms. The Kier molecular flexibility index (Phi) is 4.49. The Morgan fingerprint density at radius 3 is 2.53 bits per heavy atom. The second kappa shape index (κ2) is 6.31. The number of carbonyl (C=O) groups is 1. The zero-order valence-electron chi connectivity index (χ0n) is 10.3. The molecule has 2 aromatic rings. The number of anilines is 1. The number of hydrogen-bond acceptors (Lipinski definition) is 3. The maximum Gasteiger partial charge on any atom is 0.255 e. The molecule has 0 fully saturated rings. The van der Waals surface area contributed by atoms with Gasteiger partial charge in [0.05, 0.1) is 11.9 Å². The number of pyridine rings is 1. The Balaban J connectivity index is 2.05. The first-order valence-electron chi connectivity index (χ1n) is 5.91. The lowest BCUT2D eigenvalue weighted by Gasteiger charge is -2.05. The number of nitrogens with zero attached hydrogens (tertiary/aromatic N) is 1. The number of amides is 1. The summed E-state index contributed by atoms with van der Waals surface area (Å²) in [6.45, 7) is 0.599. The third-order valence-corrected chi connectivity index (χ3v) is 2.86. The maximum absolute atomic E-state index is 12.0. The van der Waals surface area contributed by atoms with E-state index in [1.165, 1.54) is 6.20 Å². The largest absolute Gasteiger partial charge is 0.330 e. The van der Waals surface area contributed by atoms with E-state index in [0.29, 0.717) is 22.9 Å². The minimum Gasteiger partial charge on any atom is -0.330 e. The van der Waals surface area contributed by atoms with Gasteiger partial charge < -0.3 is 11.1 Å². The summed E-state index contributed by atoms with van der Waals surface area (Å²) in [5.41, 5.74) is 7.80. The molecule has 1 heterocycles. The zero-order chi connectivity index (χ0) is 13.7. The summed E-state index contributed by atoms with van der Waals surface area (Å²) >= 11 is 5.68. The molecule has 0 saturated heterocycles. The summed E-state index contributed by atoms with van der Waals surface area (Å²) < 4.78 is 0. The minimum atomic E-state index is -0.177. The third-order valence-electron chi connectivity index (χ3n) is 2.63. The van der Waals surface area contributed by atoms with Crippen LogP contribution in [0.3, 0.4) is 0 Å². The molecule has 0 aliphatic carbocycles. The van der Waals surface area contributed by atoms with Crippen molar-refractivity contribution in [3.05, 3.63) is 58.9 Å². The molecule has 0 aliphatic rings. The molecule has 1 amide bonds. The second-order valence-electron chi connectivity index (χ2n) is 4.06. The van der Waals surface area contributed by atoms with Crippen LogP contribution in [0.25, 0.3) is 0 Å². The summed E-state index contributed by atoms with van der Waals surface area (Å²) in [4.78, 5) is 15.9. The normalized spacial score (nSPS) is 10.2. The van der Waals surface area contributed by atoms with E-state index in [4.69, 9.17) is 17.3 Å². The molecule has 0 radical (unpaired) electrons. The lowest BCUT2D eigenvalue weighted by Crippen LogP contribution is -2.12. The van der Waals surface area contributed by atoms with E-state index in [1.807, 2.05) is 12.1 Å². The molecular formula is C14H14ClN3O. The van der Waals surface area contributed by atoms with Gasteiger partial charge in [0.2, 0.25) is 0 Å². The van der Waals surface area contributed by atoms with Crippen molar-refractivity contribution in [2.45, 2.75) is 6.42 Å². The number of nitrogens with two attached hydrogens (primary N) is 1. The Bertz CT molecular complexity index is 552. The lowest BCUT2D eigenvalue weighted by atomic mass is 10.1. The highest BCUT2D eigenvalue weighted by Crippen LogP contribution is 2.12. The summed E-state index contributed by atoms with van der Waals surface area (Å²) in [6, 6.07) is 10.7. The van der Waals surface area contributed by atoms with Crippen LogP contribution >= 0.6 is 11.6 Å². The molecule has 1 aromatic heterocycles. The van der Waals surface area contributed by atoms with Crippen LogP contribution < -0.4 is 11.1 Å². The highest BCUT2D eigenvalue weighted by atomic mass is 35.5. The van der Waals surface area contributed by atoms with E-state index in [0.717, 1.165) is 12.0 Å². The van der Waals surface area contributed by atoms with E-state index >= 15 is 0 Å². The van der Waals surface area contributed by atoms with Crippen LogP contribution in [-0.2, 0) is 6.42 Å². The number of benzene rings is 1. The molecule has 0 bridgehead atoms. The van der Waals surface area contributed by atoms with Gasteiger partial charge in [-0.3, -0.25) is 4.79 Å². The Morgan fingerprint density at radius 2 is 1.95 bits per heavy atom. The van der Waals surface area contributed by atoms with Gasteiger partial charge in [0.1, 0.15) is 5.15 Å². The molecule has 98 valence electrons. The fraction of sp³-hybridized carbons (Fsp3) is 0.143. The highest BCUT2D eigenvalue weighted by molar-refractivity contribution is 6.29. The van der Waals surface area contributed by atoms with Crippen LogP contribution in [0.2, 0.25) is 5.15 Å². The monoisotopic (exact) mass is 275 g/mol. The lowest BCUT2D eigenvalue weighted by molar-refractivity contribution is 0.102. The molecule has 0 atom stereocenters. The highest BCUT2D eigenvalue weighted by Gasteiger charge is 2.06. The van der Waals surface area contributed by atoms with Gasteiger partial charge in [-0.15, -0.1) is 0 Å². The molecule has 5 heteroatoms. The van der Waals surface area contributed by atoms with Crippen LogP contribution in [0.1, 0.15) is 15.9 Å². The molecule has 2 rings (SSSR count). The number of rotatable bonds is 4. The molecule has 0 saturated carbocycles. The molecule has 0 aliphatic heterocycles. The van der Waals surface area contributed by atoms with Crippen molar-refractivity contribution in [1.29, 1.82) is 0 Å². The molecule has 0 unspecified atom stereocenters. The van der Waals surface area contributed by atoms with E-state index in [1.54, 1.807) is 24.3 Å². The van der Waals surface area contributed by atoms with Gasteiger partial charge in [-0.25, -0.2) is 4.98 Å². The van der Waals surface area contributed by atoms with Crippen LogP contribution in [0, 0.1) is 0 Å². The fourth-order valence-electron chi connectivity index (χ4n) is 1.64. The van der Waals surface area contributed by atoms with Crippen molar-refractivity contribution in [3.63, 3.8) is 0 Å². The first-order valence-corrected chi connectivity index (χ1v) is 6.29. The predicted octanol–water partition coefficient (Wildman–Crippen LogP) is 2.49. The average molecular weight is 276 g/mol. The first kappa shape index (κ1) is 13.5. The molecule has 1 aromatic carbocycles. The van der Waals surface area contributed by atoms with Gasteiger partial charge >= 0.3 is 0 Å². The van der Waals surface area contributed by atoms with Crippen LogP contribution in [0.15, 0.2) is 42.6 Å². The SMILES string of the molecule is NCCc1ccc(C(=O)Nc2ccc(Cl)nc2)cc1. The number of carbonyl (C=O) groups excluding carboxylic acids is 1. The first-order chi connectivity index (χ1) is 9.19. The Hall–Kier alpha value is -1.91.